The zero-order chi connectivity index (χ0) is 27.7. The highest BCUT2D eigenvalue weighted by Crippen LogP contribution is 2.44. The molecular formula is C27H28FN7O2S2. The van der Waals surface area contributed by atoms with Crippen LogP contribution in [-0.4, -0.2) is 66.6 Å². The van der Waals surface area contributed by atoms with E-state index in [2.05, 4.69) is 34.6 Å². The molecule has 202 valence electrons. The van der Waals surface area contributed by atoms with Gasteiger partial charge in [-0.05, 0) is 49.2 Å². The number of thiazole rings is 1. The number of halogens is 1. The van der Waals surface area contributed by atoms with Gasteiger partial charge in [-0.3, -0.25) is 4.40 Å². The number of aromatic nitrogens is 3. The lowest BCUT2D eigenvalue weighted by molar-refractivity contribution is 0.0400. The van der Waals surface area contributed by atoms with E-state index in [9.17, 15) is 18.1 Å². The highest BCUT2D eigenvalue weighted by atomic mass is 32.2. The minimum atomic E-state index is -3.14. The van der Waals surface area contributed by atoms with Crippen LogP contribution in [0, 0.1) is 29.5 Å². The summed E-state index contributed by atoms with van der Waals surface area (Å²) in [6.07, 6.45) is 4.06. The number of imidazole rings is 1. The van der Waals surface area contributed by atoms with Crippen LogP contribution in [0.2, 0.25) is 0 Å². The number of benzene rings is 1. The van der Waals surface area contributed by atoms with Crippen LogP contribution in [0.3, 0.4) is 0 Å². The number of anilines is 3. The van der Waals surface area contributed by atoms with E-state index >= 15 is 0 Å². The Bertz CT molecular complexity index is 1740. The fourth-order valence-corrected chi connectivity index (χ4v) is 7.46. The van der Waals surface area contributed by atoms with Gasteiger partial charge in [0.2, 0.25) is 10.0 Å². The minimum Gasteiger partial charge on any atom is -0.369 e. The third-order valence-corrected chi connectivity index (χ3v) is 9.85. The zero-order valence-electron chi connectivity index (χ0n) is 22.1. The Morgan fingerprint density at radius 3 is 2.49 bits per heavy atom. The molecule has 39 heavy (non-hydrogen) atoms. The number of sulfonamides is 1. The molecule has 2 fully saturated rings. The van der Waals surface area contributed by atoms with Crippen molar-refractivity contribution in [3.8, 4) is 17.3 Å². The van der Waals surface area contributed by atoms with Crippen molar-refractivity contribution in [1.29, 1.82) is 5.26 Å². The van der Waals surface area contributed by atoms with Crippen LogP contribution in [0.15, 0.2) is 36.5 Å². The Hall–Kier alpha value is -3.53. The van der Waals surface area contributed by atoms with Crippen molar-refractivity contribution in [3.63, 3.8) is 0 Å². The van der Waals surface area contributed by atoms with E-state index in [-0.39, 0.29) is 11.2 Å². The van der Waals surface area contributed by atoms with E-state index in [1.54, 1.807) is 16.4 Å². The van der Waals surface area contributed by atoms with Crippen LogP contribution in [-0.2, 0) is 16.4 Å². The van der Waals surface area contributed by atoms with Crippen molar-refractivity contribution in [2.45, 2.75) is 20.3 Å². The lowest BCUT2D eigenvalue weighted by Crippen LogP contribution is -2.72. The molecule has 5 heterocycles. The maximum atomic E-state index is 13.5. The number of pyridine rings is 1. The molecule has 2 saturated heterocycles. The molecule has 6 rings (SSSR count). The van der Waals surface area contributed by atoms with Gasteiger partial charge in [0.05, 0.1) is 17.6 Å². The molecule has 1 aromatic carbocycles. The van der Waals surface area contributed by atoms with Crippen LogP contribution in [0.1, 0.15) is 23.1 Å². The van der Waals surface area contributed by atoms with E-state index < -0.39 is 10.0 Å². The standard InChI is InChI=1S/C27H28FN7O2S2/c1-5-21-25(32(3)26-31-23(22(11-29)38-26)18-6-8-19(28)9-7-18)35-12-20(10-17(2)24(35)30-21)33-13-27(14-33)15-34(16-27)39(4,36)37/h6-10,12H,5,13-16H2,1-4H3. The van der Waals surface area contributed by atoms with Crippen LogP contribution >= 0.6 is 11.3 Å². The normalized spacial score (nSPS) is 16.8. The number of nitriles is 1. The second-order valence-corrected chi connectivity index (χ2v) is 13.5. The van der Waals surface area contributed by atoms with Crippen LogP contribution in [0.25, 0.3) is 16.9 Å². The molecule has 9 nitrogen and oxygen atoms in total. The van der Waals surface area contributed by atoms with Crippen molar-refractivity contribution in [1.82, 2.24) is 18.7 Å². The summed E-state index contributed by atoms with van der Waals surface area (Å²) in [5, 5.41) is 10.4. The predicted molar refractivity (Wildman–Crippen MR) is 151 cm³/mol. The van der Waals surface area contributed by atoms with E-state index in [1.165, 1.54) is 29.7 Å². The molecule has 0 aliphatic carbocycles. The van der Waals surface area contributed by atoms with Crippen molar-refractivity contribution in [2.24, 2.45) is 5.41 Å². The van der Waals surface area contributed by atoms with Crippen LogP contribution < -0.4 is 9.80 Å². The molecule has 0 atom stereocenters. The summed E-state index contributed by atoms with van der Waals surface area (Å²) < 4.78 is 40.8. The van der Waals surface area contributed by atoms with Crippen LogP contribution in [0.5, 0.6) is 0 Å². The zero-order valence-corrected chi connectivity index (χ0v) is 23.8. The largest absolute Gasteiger partial charge is 0.369 e. The van der Waals surface area contributed by atoms with Crippen molar-refractivity contribution < 1.29 is 12.8 Å². The van der Waals surface area contributed by atoms with Gasteiger partial charge in [0.25, 0.3) is 0 Å². The summed E-state index contributed by atoms with van der Waals surface area (Å²) >= 11 is 1.29. The van der Waals surface area contributed by atoms with E-state index in [4.69, 9.17) is 9.97 Å². The topological polar surface area (TPSA) is 97.8 Å². The second kappa shape index (κ2) is 9.01. The quantitative estimate of drug-likeness (QED) is 0.346. The van der Waals surface area contributed by atoms with Gasteiger partial charge in [0, 0.05) is 50.4 Å². The molecule has 3 aromatic heterocycles. The van der Waals surface area contributed by atoms with Gasteiger partial charge in [-0.1, -0.05) is 18.3 Å². The second-order valence-electron chi connectivity index (χ2n) is 10.5. The smallest absolute Gasteiger partial charge is 0.211 e. The van der Waals surface area contributed by atoms with Crippen LogP contribution in [0.4, 0.5) is 21.0 Å². The highest BCUT2D eigenvalue weighted by molar-refractivity contribution is 7.88. The van der Waals surface area contributed by atoms with E-state index in [1.807, 2.05) is 18.9 Å². The average Bonchev–Trinajstić information content (AvgIpc) is 3.43. The Kier molecular flexibility index (Phi) is 5.94. The molecule has 0 bridgehead atoms. The Balaban J connectivity index is 1.34. The van der Waals surface area contributed by atoms with Gasteiger partial charge in [0.1, 0.15) is 33.9 Å². The molecule has 0 radical (unpaired) electrons. The fraction of sp³-hybridized carbons (Fsp3) is 0.370. The van der Waals surface area contributed by atoms with Gasteiger partial charge < -0.3 is 9.80 Å². The highest BCUT2D eigenvalue weighted by Gasteiger charge is 2.54. The van der Waals surface area contributed by atoms with Gasteiger partial charge >= 0.3 is 0 Å². The first-order valence-corrected chi connectivity index (χ1v) is 15.3. The van der Waals surface area contributed by atoms with E-state index in [0.29, 0.717) is 40.8 Å². The number of nitrogens with zero attached hydrogens (tertiary/aromatic N) is 7. The lowest BCUT2D eigenvalue weighted by Gasteiger charge is -2.60. The van der Waals surface area contributed by atoms with Gasteiger partial charge in [-0.25, -0.2) is 27.1 Å². The number of hydrogen-bond donors (Lipinski definition) is 0. The first kappa shape index (κ1) is 25.7. The monoisotopic (exact) mass is 565 g/mol. The lowest BCUT2D eigenvalue weighted by atomic mass is 9.74. The summed E-state index contributed by atoms with van der Waals surface area (Å²) in [4.78, 5) is 14.4. The maximum absolute atomic E-state index is 13.5. The summed E-state index contributed by atoms with van der Waals surface area (Å²) in [6.45, 7) is 6.87. The summed E-state index contributed by atoms with van der Waals surface area (Å²) in [5.74, 6) is 0.538. The number of aryl methyl sites for hydroxylation is 2. The molecule has 4 aromatic rings. The summed E-state index contributed by atoms with van der Waals surface area (Å²) in [5.41, 5.74) is 5.11. The first-order chi connectivity index (χ1) is 18.5. The summed E-state index contributed by atoms with van der Waals surface area (Å²) in [6, 6.07) is 10.4. The molecule has 0 N–H and O–H groups in total. The molecular weight excluding hydrogens is 537 g/mol. The predicted octanol–water partition coefficient (Wildman–Crippen LogP) is 4.19. The molecule has 0 amide bonds. The third kappa shape index (κ3) is 4.25. The number of rotatable bonds is 6. The molecule has 2 aliphatic heterocycles. The van der Waals surface area contributed by atoms with Crippen molar-refractivity contribution in [3.05, 3.63) is 58.5 Å². The van der Waals surface area contributed by atoms with Crippen molar-refractivity contribution >= 4 is 43.6 Å². The number of fused-ring (bicyclic) bond motifs is 1. The molecule has 2 aliphatic rings. The van der Waals surface area contributed by atoms with Gasteiger partial charge in [-0.15, -0.1) is 0 Å². The third-order valence-electron chi connectivity index (χ3n) is 7.62. The molecule has 12 heteroatoms. The first-order valence-electron chi connectivity index (χ1n) is 12.6. The molecule has 0 unspecified atom stereocenters. The average molecular weight is 566 g/mol. The summed E-state index contributed by atoms with van der Waals surface area (Å²) in [7, 11) is -1.22. The molecule has 1 spiro atoms. The Morgan fingerprint density at radius 1 is 1.18 bits per heavy atom. The van der Waals surface area contributed by atoms with E-state index in [0.717, 1.165) is 41.5 Å². The van der Waals surface area contributed by atoms with Gasteiger partial charge in [-0.2, -0.15) is 5.26 Å². The fourth-order valence-electron chi connectivity index (χ4n) is 5.60. The molecule has 0 saturated carbocycles. The Morgan fingerprint density at radius 2 is 1.87 bits per heavy atom. The Labute approximate surface area is 230 Å². The maximum Gasteiger partial charge on any atom is 0.211 e. The van der Waals surface area contributed by atoms with Crippen molar-refractivity contribution in [2.75, 3.05) is 49.3 Å². The number of hydrogen-bond acceptors (Lipinski definition) is 8. The van der Waals surface area contributed by atoms with Gasteiger partial charge in [0.15, 0.2) is 5.13 Å². The minimum absolute atomic E-state index is 0.0282. The SMILES string of the molecule is CCc1nc2c(C)cc(N3CC4(C3)CN(S(C)(=O)=O)C4)cn2c1N(C)c1nc(-c2ccc(F)cc2)c(C#N)s1.